The number of nitrogens with one attached hydrogen (secondary N) is 1. The molecule has 3 rings (SSSR count). The van der Waals surface area contributed by atoms with E-state index >= 15 is 0 Å². The number of carbonyl (C=O) groups excluding carboxylic acids is 1. The minimum Gasteiger partial charge on any atom is -0.508 e. The molecule has 0 aliphatic carbocycles. The maximum atomic E-state index is 12.3. The first-order valence-corrected chi connectivity index (χ1v) is 8.55. The number of aromatic hydroxyl groups is 1. The zero-order valence-electron chi connectivity index (χ0n) is 14.0. The molecule has 6 N–H and O–H groups in total. The van der Waals surface area contributed by atoms with Crippen molar-refractivity contribution in [3.05, 3.63) is 23.8 Å². The lowest BCUT2D eigenvalue weighted by atomic mass is 9.82. The summed E-state index contributed by atoms with van der Waals surface area (Å²) in [5, 5.41) is 30.9. The van der Waals surface area contributed by atoms with Gasteiger partial charge in [-0.3, -0.25) is 4.79 Å². The van der Waals surface area contributed by atoms with Crippen LogP contribution in [0.3, 0.4) is 0 Å². The summed E-state index contributed by atoms with van der Waals surface area (Å²) < 4.78 is 5.78. The maximum Gasteiger partial charge on any atom is 0.451 e. The van der Waals surface area contributed by atoms with Crippen molar-refractivity contribution in [2.45, 2.75) is 37.3 Å². The lowest BCUT2D eigenvalue weighted by Gasteiger charge is -2.40. The van der Waals surface area contributed by atoms with Gasteiger partial charge in [-0.05, 0) is 30.8 Å². The molecular weight excluding hydrogens is 325 g/mol. The molecule has 0 bridgehead atoms. The van der Waals surface area contributed by atoms with E-state index in [0.29, 0.717) is 43.8 Å². The summed E-state index contributed by atoms with van der Waals surface area (Å²) in [4.78, 5) is 14.0. The molecule has 8 nitrogen and oxygen atoms in total. The molecule has 1 aromatic carbocycles. The first kappa shape index (κ1) is 18.0. The number of likely N-dealkylation sites (tertiary alicyclic amines) is 1. The molecule has 1 aromatic rings. The average molecular weight is 349 g/mol. The van der Waals surface area contributed by atoms with Gasteiger partial charge in [0.05, 0.1) is 19.1 Å². The highest BCUT2D eigenvalue weighted by Gasteiger charge is 2.38. The van der Waals surface area contributed by atoms with Crippen LogP contribution in [0.5, 0.6) is 11.5 Å². The first-order chi connectivity index (χ1) is 11.9. The first-order valence-electron chi connectivity index (χ1n) is 8.55. The molecule has 2 saturated heterocycles. The van der Waals surface area contributed by atoms with Crippen molar-refractivity contribution >= 4 is 13.0 Å². The molecule has 136 valence electrons. The van der Waals surface area contributed by atoms with E-state index in [9.17, 15) is 9.90 Å². The van der Waals surface area contributed by atoms with Crippen LogP contribution < -0.4 is 15.8 Å². The molecule has 9 heteroatoms. The quantitative estimate of drug-likeness (QED) is 0.403. The molecule has 0 aromatic heterocycles. The second-order valence-electron chi connectivity index (χ2n) is 6.75. The highest BCUT2D eigenvalue weighted by atomic mass is 16.5. The van der Waals surface area contributed by atoms with Crippen molar-refractivity contribution in [3.63, 3.8) is 0 Å². The predicted molar refractivity (Wildman–Crippen MR) is 92.2 cm³/mol. The fraction of sp³-hybridized carbons (Fsp3) is 0.562. The highest BCUT2D eigenvalue weighted by molar-refractivity contribution is 6.41. The number of aryl methyl sites for hydroxylation is 1. The number of hydrogen-bond acceptors (Lipinski definition) is 7. The topological polar surface area (TPSA) is 128 Å². The third-order valence-electron chi connectivity index (χ3n) is 4.65. The molecule has 2 atom stereocenters. The Morgan fingerprint density at radius 3 is 2.76 bits per heavy atom. The van der Waals surface area contributed by atoms with Crippen molar-refractivity contribution in [1.29, 1.82) is 0 Å². The van der Waals surface area contributed by atoms with Crippen LogP contribution in [0.15, 0.2) is 18.2 Å². The van der Waals surface area contributed by atoms with Crippen molar-refractivity contribution < 1.29 is 24.7 Å². The fourth-order valence-electron chi connectivity index (χ4n) is 3.17. The Labute approximate surface area is 146 Å². The summed E-state index contributed by atoms with van der Waals surface area (Å²) >= 11 is 0. The molecule has 0 unspecified atom stereocenters. The Morgan fingerprint density at radius 1 is 1.40 bits per heavy atom. The van der Waals surface area contributed by atoms with Crippen LogP contribution in [0.1, 0.15) is 12.0 Å². The van der Waals surface area contributed by atoms with Gasteiger partial charge in [0.25, 0.3) is 0 Å². The standard InChI is InChI=1S/C16H24BN3O5/c18-11-5-14(19-7-11)16(22)20-8-13(9-20)25-12-2-1-10(15(21)6-12)3-4-17(23)24/h1-2,6,11,13-14,19,21,23-24H,3-5,7-9,18H2/t11-,14-/m0/s1. The molecule has 25 heavy (non-hydrogen) atoms. The number of carbonyl (C=O) groups is 1. The monoisotopic (exact) mass is 349 g/mol. The Morgan fingerprint density at radius 2 is 2.16 bits per heavy atom. The third-order valence-corrected chi connectivity index (χ3v) is 4.65. The van der Waals surface area contributed by atoms with Gasteiger partial charge >= 0.3 is 7.12 Å². The second-order valence-corrected chi connectivity index (χ2v) is 6.75. The van der Waals surface area contributed by atoms with Crippen LogP contribution in [0, 0.1) is 0 Å². The molecule has 1 amide bonds. The number of ether oxygens (including phenoxy) is 1. The molecule has 2 fully saturated rings. The molecule has 2 aliphatic rings. The van der Waals surface area contributed by atoms with E-state index < -0.39 is 7.12 Å². The Bertz CT molecular complexity index is 624. The molecule has 2 heterocycles. The molecule has 0 spiro atoms. The van der Waals surface area contributed by atoms with E-state index in [4.69, 9.17) is 20.5 Å². The Kier molecular flexibility index (Phi) is 5.48. The van der Waals surface area contributed by atoms with Crippen molar-refractivity contribution in [2.24, 2.45) is 5.73 Å². The van der Waals surface area contributed by atoms with E-state index in [-0.39, 0.29) is 36.2 Å². The van der Waals surface area contributed by atoms with Gasteiger partial charge in [-0.25, -0.2) is 0 Å². The highest BCUT2D eigenvalue weighted by Crippen LogP contribution is 2.27. The zero-order valence-corrected chi connectivity index (χ0v) is 14.0. The Balaban J connectivity index is 1.46. The van der Waals surface area contributed by atoms with E-state index in [1.807, 2.05) is 0 Å². The lowest BCUT2D eigenvalue weighted by molar-refractivity contribution is -0.141. The number of amides is 1. The predicted octanol–water partition coefficient (Wildman–Crippen LogP) is -1.31. The van der Waals surface area contributed by atoms with Crippen LogP contribution in [0.4, 0.5) is 0 Å². The number of hydrogen-bond donors (Lipinski definition) is 5. The summed E-state index contributed by atoms with van der Waals surface area (Å²) in [7, 11) is -1.39. The Hall–Kier alpha value is -1.81. The third kappa shape index (κ3) is 4.43. The van der Waals surface area contributed by atoms with Crippen molar-refractivity contribution in [3.8, 4) is 11.5 Å². The van der Waals surface area contributed by atoms with Gasteiger partial charge in [-0.2, -0.15) is 0 Å². The van der Waals surface area contributed by atoms with Gasteiger partial charge in [0, 0.05) is 18.7 Å². The average Bonchev–Trinajstić information content (AvgIpc) is 2.95. The van der Waals surface area contributed by atoms with Crippen LogP contribution in [-0.4, -0.2) is 70.9 Å². The molecule has 0 radical (unpaired) electrons. The van der Waals surface area contributed by atoms with E-state index in [1.165, 1.54) is 6.07 Å². The maximum absolute atomic E-state index is 12.3. The number of phenolic OH excluding ortho intramolecular Hbond substituents is 1. The minimum absolute atomic E-state index is 0.0377. The van der Waals surface area contributed by atoms with Crippen LogP contribution in [-0.2, 0) is 11.2 Å². The minimum atomic E-state index is -1.39. The van der Waals surface area contributed by atoms with Gasteiger partial charge in [0.15, 0.2) is 0 Å². The molecular formula is C16H24BN3O5. The number of rotatable bonds is 6. The van der Waals surface area contributed by atoms with Crippen LogP contribution in [0.25, 0.3) is 0 Å². The zero-order chi connectivity index (χ0) is 18.0. The second kappa shape index (κ2) is 7.61. The van der Waals surface area contributed by atoms with Crippen molar-refractivity contribution in [2.75, 3.05) is 19.6 Å². The fourth-order valence-corrected chi connectivity index (χ4v) is 3.17. The van der Waals surface area contributed by atoms with Crippen LogP contribution >= 0.6 is 0 Å². The largest absolute Gasteiger partial charge is 0.508 e. The lowest BCUT2D eigenvalue weighted by Crippen LogP contribution is -2.59. The smallest absolute Gasteiger partial charge is 0.451 e. The van der Waals surface area contributed by atoms with Gasteiger partial charge in [0.1, 0.15) is 17.6 Å². The van der Waals surface area contributed by atoms with Gasteiger partial charge < -0.3 is 35.8 Å². The van der Waals surface area contributed by atoms with E-state index in [2.05, 4.69) is 5.32 Å². The van der Waals surface area contributed by atoms with Crippen LogP contribution in [0.2, 0.25) is 6.32 Å². The molecule has 0 saturated carbocycles. The van der Waals surface area contributed by atoms with E-state index in [0.717, 1.165) is 0 Å². The summed E-state index contributed by atoms with van der Waals surface area (Å²) in [6.45, 7) is 1.71. The number of phenols is 1. The summed E-state index contributed by atoms with van der Waals surface area (Å²) in [6, 6.07) is 4.80. The van der Waals surface area contributed by atoms with Gasteiger partial charge in [0.2, 0.25) is 5.91 Å². The van der Waals surface area contributed by atoms with E-state index in [1.54, 1.807) is 17.0 Å². The summed E-state index contributed by atoms with van der Waals surface area (Å²) in [5.74, 6) is 0.659. The summed E-state index contributed by atoms with van der Waals surface area (Å²) in [5.41, 5.74) is 6.44. The number of benzene rings is 1. The molecule has 2 aliphatic heterocycles. The van der Waals surface area contributed by atoms with Gasteiger partial charge in [-0.1, -0.05) is 6.07 Å². The normalized spacial score (nSPS) is 23.4. The number of nitrogens with zero attached hydrogens (tertiary/aromatic N) is 1. The summed E-state index contributed by atoms with van der Waals surface area (Å²) in [6.07, 6.45) is 1.10. The van der Waals surface area contributed by atoms with Gasteiger partial charge in [-0.15, -0.1) is 0 Å². The SMILES string of the molecule is N[C@@H]1CN[C@H](C(=O)N2CC(Oc3ccc(CCB(O)O)c(O)c3)C2)C1. The number of nitrogens with two attached hydrogens (primary N) is 1. The van der Waals surface area contributed by atoms with Crippen molar-refractivity contribution in [1.82, 2.24) is 10.2 Å².